The molecule has 0 atom stereocenters. The van der Waals surface area contributed by atoms with E-state index in [1.165, 1.54) is 6.07 Å². The lowest BCUT2D eigenvalue weighted by molar-refractivity contribution is -0.136. The molecule has 0 amide bonds. The zero-order valence-electron chi connectivity index (χ0n) is 7.04. The van der Waals surface area contributed by atoms with Gasteiger partial charge in [0, 0.05) is 5.56 Å². The highest BCUT2D eigenvalue weighted by atomic mass is 19.1. The number of phenolic OH excluding ortho intramolecular Hbond substituents is 1. The van der Waals surface area contributed by atoms with E-state index >= 15 is 0 Å². The van der Waals surface area contributed by atoms with Crippen LogP contribution in [0.15, 0.2) is 12.1 Å². The fraction of sp³-hybridized carbons (Fsp3) is 0.222. The molecule has 0 bridgehead atoms. The summed E-state index contributed by atoms with van der Waals surface area (Å²) in [6, 6.07) is 2.54. The van der Waals surface area contributed by atoms with E-state index in [1.807, 2.05) is 0 Å². The topological polar surface area (TPSA) is 57.5 Å². The molecule has 4 heteroatoms. The zero-order valence-corrected chi connectivity index (χ0v) is 7.04. The number of carboxylic acid groups (broad SMARTS) is 1. The number of aromatic hydroxyl groups is 1. The van der Waals surface area contributed by atoms with E-state index in [4.69, 9.17) is 5.11 Å². The Morgan fingerprint density at radius 2 is 2.15 bits per heavy atom. The minimum absolute atomic E-state index is 0.132. The van der Waals surface area contributed by atoms with Crippen molar-refractivity contribution in [3.63, 3.8) is 0 Å². The Hall–Kier alpha value is -1.58. The highest BCUT2D eigenvalue weighted by Crippen LogP contribution is 2.24. The first kappa shape index (κ1) is 9.51. The van der Waals surface area contributed by atoms with Crippen LogP contribution in [0.2, 0.25) is 0 Å². The Labute approximate surface area is 74.4 Å². The largest absolute Gasteiger partial charge is 0.505 e. The molecule has 1 aromatic rings. The van der Waals surface area contributed by atoms with Crippen LogP contribution >= 0.6 is 0 Å². The number of rotatable bonds is 2. The summed E-state index contributed by atoms with van der Waals surface area (Å²) in [7, 11) is 0. The van der Waals surface area contributed by atoms with E-state index in [1.54, 1.807) is 6.92 Å². The first-order valence-corrected chi connectivity index (χ1v) is 3.71. The van der Waals surface area contributed by atoms with Crippen LogP contribution < -0.4 is 0 Å². The molecular weight excluding hydrogens is 175 g/mol. The van der Waals surface area contributed by atoms with Crippen molar-refractivity contribution >= 4 is 5.97 Å². The summed E-state index contributed by atoms with van der Waals surface area (Å²) in [5.74, 6) is -2.45. The van der Waals surface area contributed by atoms with Gasteiger partial charge < -0.3 is 10.2 Å². The number of hydrogen-bond donors (Lipinski definition) is 2. The molecule has 1 aromatic carbocycles. The lowest BCUT2D eigenvalue weighted by atomic mass is 10.0. The van der Waals surface area contributed by atoms with Crippen molar-refractivity contribution in [2.24, 2.45) is 0 Å². The standard InChI is InChI=1S/C9H9FO3/c1-5-2-3-7(10)9(13)6(5)4-8(11)12/h2-3,13H,4H2,1H3,(H,11,12). The monoisotopic (exact) mass is 184 g/mol. The molecule has 13 heavy (non-hydrogen) atoms. The fourth-order valence-corrected chi connectivity index (χ4v) is 1.08. The van der Waals surface area contributed by atoms with Gasteiger partial charge in [0.2, 0.25) is 0 Å². The zero-order chi connectivity index (χ0) is 10.0. The van der Waals surface area contributed by atoms with Crippen molar-refractivity contribution in [3.05, 3.63) is 29.1 Å². The van der Waals surface area contributed by atoms with Gasteiger partial charge in [-0.05, 0) is 18.6 Å². The smallest absolute Gasteiger partial charge is 0.307 e. The van der Waals surface area contributed by atoms with Gasteiger partial charge in [-0.25, -0.2) is 4.39 Å². The van der Waals surface area contributed by atoms with Gasteiger partial charge in [0.25, 0.3) is 0 Å². The molecule has 0 aliphatic carbocycles. The minimum atomic E-state index is -1.09. The quantitative estimate of drug-likeness (QED) is 0.731. The lowest BCUT2D eigenvalue weighted by Crippen LogP contribution is -2.03. The second kappa shape index (κ2) is 3.43. The first-order valence-electron chi connectivity index (χ1n) is 3.71. The minimum Gasteiger partial charge on any atom is -0.505 e. The maximum atomic E-state index is 12.8. The van der Waals surface area contributed by atoms with Crippen LogP contribution in [0.3, 0.4) is 0 Å². The lowest BCUT2D eigenvalue weighted by Gasteiger charge is -2.05. The van der Waals surface area contributed by atoms with Crippen LogP contribution in [0.1, 0.15) is 11.1 Å². The van der Waals surface area contributed by atoms with E-state index < -0.39 is 17.5 Å². The van der Waals surface area contributed by atoms with Gasteiger partial charge in [-0.2, -0.15) is 0 Å². The second-order valence-corrected chi connectivity index (χ2v) is 2.76. The number of carboxylic acids is 1. The number of phenols is 1. The number of halogens is 1. The highest BCUT2D eigenvalue weighted by molar-refractivity contribution is 5.72. The van der Waals surface area contributed by atoms with Gasteiger partial charge in [0.1, 0.15) is 0 Å². The summed E-state index contributed by atoms with van der Waals surface area (Å²) >= 11 is 0. The molecule has 0 heterocycles. The van der Waals surface area contributed by atoms with Crippen molar-refractivity contribution in [2.45, 2.75) is 13.3 Å². The van der Waals surface area contributed by atoms with Crippen molar-refractivity contribution in [1.82, 2.24) is 0 Å². The van der Waals surface area contributed by atoms with E-state index in [2.05, 4.69) is 0 Å². The third-order valence-corrected chi connectivity index (χ3v) is 1.80. The van der Waals surface area contributed by atoms with Gasteiger partial charge in [0.15, 0.2) is 11.6 Å². The number of aliphatic carboxylic acids is 1. The van der Waals surface area contributed by atoms with Crippen molar-refractivity contribution < 1.29 is 19.4 Å². The van der Waals surface area contributed by atoms with Gasteiger partial charge in [-0.3, -0.25) is 4.79 Å². The predicted molar refractivity (Wildman–Crippen MR) is 44.1 cm³/mol. The van der Waals surface area contributed by atoms with E-state index in [0.717, 1.165) is 6.07 Å². The summed E-state index contributed by atoms with van der Waals surface area (Å²) in [6.07, 6.45) is -0.366. The third-order valence-electron chi connectivity index (χ3n) is 1.80. The number of aryl methyl sites for hydroxylation is 1. The average Bonchev–Trinajstić information content (AvgIpc) is 2.05. The number of benzene rings is 1. The first-order chi connectivity index (χ1) is 6.02. The van der Waals surface area contributed by atoms with Crippen LogP contribution in [0.4, 0.5) is 4.39 Å². The molecule has 0 aliphatic heterocycles. The molecule has 0 radical (unpaired) electrons. The Morgan fingerprint density at radius 1 is 1.54 bits per heavy atom. The van der Waals surface area contributed by atoms with Gasteiger partial charge in [-0.1, -0.05) is 6.07 Å². The summed E-state index contributed by atoms with van der Waals surface area (Å²) in [6.45, 7) is 1.62. The van der Waals surface area contributed by atoms with Gasteiger partial charge >= 0.3 is 5.97 Å². The molecule has 0 aliphatic rings. The van der Waals surface area contributed by atoms with Crippen LogP contribution in [-0.4, -0.2) is 16.2 Å². The van der Waals surface area contributed by atoms with Crippen molar-refractivity contribution in [1.29, 1.82) is 0 Å². The fourth-order valence-electron chi connectivity index (χ4n) is 1.08. The normalized spacial score (nSPS) is 10.0. The SMILES string of the molecule is Cc1ccc(F)c(O)c1CC(=O)O. The summed E-state index contributed by atoms with van der Waals surface area (Å²) in [5.41, 5.74) is 0.703. The van der Waals surface area contributed by atoms with Gasteiger partial charge in [-0.15, -0.1) is 0 Å². The number of carbonyl (C=O) groups is 1. The summed E-state index contributed by atoms with van der Waals surface area (Å²) in [4.78, 5) is 10.4. The molecule has 0 saturated heterocycles. The molecule has 0 aromatic heterocycles. The molecule has 1 rings (SSSR count). The third kappa shape index (κ3) is 1.96. The van der Waals surface area contributed by atoms with Crippen LogP contribution in [-0.2, 0) is 11.2 Å². The molecule has 0 fully saturated rings. The Kier molecular flexibility index (Phi) is 2.51. The Balaban J connectivity index is 3.17. The maximum absolute atomic E-state index is 12.8. The molecule has 0 unspecified atom stereocenters. The van der Waals surface area contributed by atoms with E-state index in [9.17, 15) is 14.3 Å². The van der Waals surface area contributed by atoms with Gasteiger partial charge in [0.05, 0.1) is 6.42 Å². The number of hydrogen-bond acceptors (Lipinski definition) is 2. The van der Waals surface area contributed by atoms with E-state index in [0.29, 0.717) is 5.56 Å². The van der Waals surface area contributed by atoms with Crippen molar-refractivity contribution in [2.75, 3.05) is 0 Å². The van der Waals surface area contributed by atoms with Crippen LogP contribution in [0.25, 0.3) is 0 Å². The Bertz CT molecular complexity index is 347. The molecular formula is C9H9FO3. The summed E-state index contributed by atoms with van der Waals surface area (Å²) in [5, 5.41) is 17.7. The van der Waals surface area contributed by atoms with Crippen LogP contribution in [0.5, 0.6) is 5.75 Å². The maximum Gasteiger partial charge on any atom is 0.307 e. The molecule has 0 saturated carbocycles. The van der Waals surface area contributed by atoms with Crippen molar-refractivity contribution in [3.8, 4) is 5.75 Å². The molecule has 0 spiro atoms. The summed E-state index contributed by atoms with van der Waals surface area (Å²) < 4.78 is 12.8. The predicted octanol–water partition coefficient (Wildman–Crippen LogP) is 1.47. The molecule has 70 valence electrons. The van der Waals surface area contributed by atoms with E-state index in [-0.39, 0.29) is 12.0 Å². The average molecular weight is 184 g/mol. The van der Waals surface area contributed by atoms with Crippen LogP contribution in [0, 0.1) is 12.7 Å². The molecule has 2 N–H and O–H groups in total. The molecule has 3 nitrogen and oxygen atoms in total. The Morgan fingerprint density at radius 3 is 2.69 bits per heavy atom. The highest BCUT2D eigenvalue weighted by Gasteiger charge is 2.12. The second-order valence-electron chi connectivity index (χ2n) is 2.76.